The lowest BCUT2D eigenvalue weighted by atomic mass is 10.7. The largest absolute Gasteiger partial charge is 0.158 e. The van der Waals surface area contributed by atoms with E-state index in [1.807, 2.05) is 6.07 Å². The number of hydrogen-bond donors (Lipinski definition) is 0. The second-order valence-electron chi connectivity index (χ2n) is 2.12. The van der Waals surface area contributed by atoms with E-state index in [4.69, 9.17) is 11.6 Å². The van der Waals surface area contributed by atoms with Crippen LogP contribution in [0, 0.1) is 0 Å². The van der Waals surface area contributed by atoms with Gasteiger partial charge < -0.3 is 0 Å². The second-order valence-corrected chi connectivity index (χ2v) is 3.32. The third kappa shape index (κ3) is 1.37. The Hall–Kier alpha value is -0.810. The zero-order valence-electron chi connectivity index (χ0n) is 5.85. The number of hydrogen-bond acceptors (Lipinski definition) is 2. The summed E-state index contributed by atoms with van der Waals surface area (Å²) in [6.07, 6.45) is 3.50. The molecule has 0 aromatic carbocycles. The van der Waals surface area contributed by atoms with Crippen molar-refractivity contribution < 1.29 is 0 Å². The van der Waals surface area contributed by atoms with Gasteiger partial charge in [-0.05, 0) is 28.1 Å². The summed E-state index contributed by atoms with van der Waals surface area (Å²) in [7, 11) is 0. The normalized spacial score (nSPS) is 10.5. The fourth-order valence-corrected chi connectivity index (χ4v) is 1.23. The molecule has 0 bridgehead atoms. The van der Waals surface area contributed by atoms with Gasteiger partial charge in [-0.3, -0.25) is 0 Å². The van der Waals surface area contributed by atoms with Gasteiger partial charge in [0.1, 0.15) is 4.60 Å². The smallest absolute Gasteiger partial charge is 0.153 e. The standard InChI is InChI=1S/C6H4BrClN4/c7-5-1-3-11(9-5)12-4-2-6(8)10-12/h1-4H. The minimum absolute atomic E-state index is 0.446. The van der Waals surface area contributed by atoms with E-state index >= 15 is 0 Å². The van der Waals surface area contributed by atoms with Crippen LogP contribution in [0.5, 0.6) is 0 Å². The topological polar surface area (TPSA) is 35.6 Å². The summed E-state index contributed by atoms with van der Waals surface area (Å²) in [5, 5.41) is 8.47. The van der Waals surface area contributed by atoms with Gasteiger partial charge in [-0.2, -0.15) is 9.58 Å². The van der Waals surface area contributed by atoms with E-state index in [9.17, 15) is 0 Å². The molecule has 0 aliphatic heterocycles. The molecule has 0 aliphatic rings. The number of nitrogens with zero attached hydrogens (tertiary/aromatic N) is 4. The van der Waals surface area contributed by atoms with Crippen LogP contribution in [-0.4, -0.2) is 19.8 Å². The fourth-order valence-electron chi connectivity index (χ4n) is 0.814. The SMILES string of the molecule is Clc1ccn(-n2ccc(Br)n2)n1. The highest BCUT2D eigenvalue weighted by Crippen LogP contribution is 2.06. The summed E-state index contributed by atoms with van der Waals surface area (Å²) in [4.78, 5) is 3.10. The van der Waals surface area contributed by atoms with Gasteiger partial charge in [-0.15, -0.1) is 10.2 Å². The zero-order valence-corrected chi connectivity index (χ0v) is 8.20. The van der Waals surface area contributed by atoms with E-state index in [1.165, 1.54) is 4.79 Å². The monoisotopic (exact) mass is 246 g/mol. The Morgan fingerprint density at radius 3 is 2.33 bits per heavy atom. The van der Waals surface area contributed by atoms with E-state index in [0.29, 0.717) is 5.15 Å². The van der Waals surface area contributed by atoms with Crippen molar-refractivity contribution in [1.29, 1.82) is 0 Å². The number of halogens is 2. The zero-order chi connectivity index (χ0) is 8.55. The molecule has 2 heterocycles. The first-order valence-corrected chi connectivity index (χ1v) is 4.36. The highest BCUT2D eigenvalue weighted by atomic mass is 79.9. The highest BCUT2D eigenvalue weighted by molar-refractivity contribution is 9.10. The van der Waals surface area contributed by atoms with Gasteiger partial charge in [0.25, 0.3) is 0 Å². The Morgan fingerprint density at radius 2 is 1.83 bits per heavy atom. The van der Waals surface area contributed by atoms with Crippen molar-refractivity contribution >= 4 is 27.5 Å². The van der Waals surface area contributed by atoms with E-state index < -0.39 is 0 Å². The van der Waals surface area contributed by atoms with Gasteiger partial charge >= 0.3 is 0 Å². The summed E-state index contributed by atoms with van der Waals surface area (Å²) in [6.45, 7) is 0. The highest BCUT2D eigenvalue weighted by Gasteiger charge is 1.98. The van der Waals surface area contributed by atoms with Crippen LogP contribution in [-0.2, 0) is 0 Å². The minimum atomic E-state index is 0.446. The van der Waals surface area contributed by atoms with Crippen LogP contribution in [0.25, 0.3) is 0 Å². The third-order valence-corrected chi connectivity index (χ3v) is 1.92. The first-order valence-electron chi connectivity index (χ1n) is 3.19. The summed E-state index contributed by atoms with van der Waals surface area (Å²) in [6, 6.07) is 3.51. The molecule has 6 heteroatoms. The first kappa shape index (κ1) is 7.82. The number of aromatic nitrogens is 4. The van der Waals surface area contributed by atoms with Crippen molar-refractivity contribution in [1.82, 2.24) is 19.8 Å². The van der Waals surface area contributed by atoms with Crippen LogP contribution in [0.4, 0.5) is 0 Å². The molecule has 0 unspecified atom stereocenters. The summed E-state index contributed by atoms with van der Waals surface area (Å²) < 4.78 is 0.758. The van der Waals surface area contributed by atoms with E-state index in [1.54, 1.807) is 23.3 Å². The van der Waals surface area contributed by atoms with Crippen LogP contribution in [0.2, 0.25) is 5.15 Å². The van der Waals surface area contributed by atoms with Gasteiger partial charge in [0.15, 0.2) is 5.15 Å². The Balaban J connectivity index is 2.43. The van der Waals surface area contributed by atoms with Gasteiger partial charge in [0, 0.05) is 0 Å². The van der Waals surface area contributed by atoms with Gasteiger partial charge in [0.05, 0.1) is 12.4 Å². The molecule has 0 saturated carbocycles. The maximum Gasteiger partial charge on any atom is 0.153 e. The maximum absolute atomic E-state index is 5.63. The summed E-state index contributed by atoms with van der Waals surface area (Å²) >= 11 is 8.86. The summed E-state index contributed by atoms with van der Waals surface area (Å²) in [5.41, 5.74) is 0. The average molecular weight is 247 g/mol. The van der Waals surface area contributed by atoms with Crippen LogP contribution >= 0.6 is 27.5 Å². The molecule has 2 aromatic heterocycles. The average Bonchev–Trinajstić information content (AvgIpc) is 2.58. The predicted molar refractivity (Wildman–Crippen MR) is 48.0 cm³/mol. The maximum atomic E-state index is 5.63. The fraction of sp³-hybridized carbons (Fsp3) is 0. The van der Waals surface area contributed by atoms with Crippen LogP contribution in [0.1, 0.15) is 0 Å². The van der Waals surface area contributed by atoms with Crippen LogP contribution in [0.3, 0.4) is 0 Å². The molecule has 0 spiro atoms. The lowest BCUT2D eigenvalue weighted by molar-refractivity contribution is 0.505. The molecule has 4 nitrogen and oxygen atoms in total. The molecule has 0 N–H and O–H groups in total. The molecule has 2 aromatic rings. The number of rotatable bonds is 1. The Morgan fingerprint density at radius 1 is 1.17 bits per heavy atom. The molecule has 0 amide bonds. The van der Waals surface area contributed by atoms with Crippen LogP contribution < -0.4 is 0 Å². The molecule has 0 fully saturated rings. The third-order valence-electron chi connectivity index (χ3n) is 1.30. The van der Waals surface area contributed by atoms with Crippen molar-refractivity contribution in [3.8, 4) is 0 Å². The minimum Gasteiger partial charge on any atom is -0.158 e. The predicted octanol–water partition coefficient (Wildman–Crippen LogP) is 1.81. The Labute approximate surface area is 81.8 Å². The molecular formula is C6H4BrClN4. The van der Waals surface area contributed by atoms with Gasteiger partial charge in [0.2, 0.25) is 0 Å². The molecular weight excluding hydrogens is 243 g/mol. The molecule has 2 rings (SSSR count). The van der Waals surface area contributed by atoms with Crippen molar-refractivity contribution in [2.24, 2.45) is 0 Å². The van der Waals surface area contributed by atoms with E-state index in [2.05, 4.69) is 26.1 Å². The Bertz CT molecular complexity index is 355. The van der Waals surface area contributed by atoms with Gasteiger partial charge in [-0.1, -0.05) is 11.6 Å². The quantitative estimate of drug-likeness (QED) is 0.770. The lowest BCUT2D eigenvalue weighted by Crippen LogP contribution is -2.09. The van der Waals surface area contributed by atoms with Crippen molar-refractivity contribution in [3.63, 3.8) is 0 Å². The van der Waals surface area contributed by atoms with E-state index in [-0.39, 0.29) is 0 Å². The summed E-state index contributed by atoms with van der Waals surface area (Å²) in [5.74, 6) is 0. The molecule has 0 saturated heterocycles. The molecule has 0 aliphatic carbocycles. The molecule has 0 atom stereocenters. The lowest BCUT2D eigenvalue weighted by Gasteiger charge is -1.97. The van der Waals surface area contributed by atoms with Crippen molar-refractivity contribution in [2.45, 2.75) is 0 Å². The molecule has 12 heavy (non-hydrogen) atoms. The second kappa shape index (κ2) is 2.91. The first-order chi connectivity index (χ1) is 5.75. The molecule has 0 radical (unpaired) electrons. The van der Waals surface area contributed by atoms with Crippen molar-refractivity contribution in [3.05, 3.63) is 34.3 Å². The Kier molecular flexibility index (Phi) is 1.90. The van der Waals surface area contributed by atoms with Crippen molar-refractivity contribution in [2.75, 3.05) is 0 Å². The molecule has 62 valence electrons. The van der Waals surface area contributed by atoms with Gasteiger partial charge in [-0.25, -0.2) is 0 Å². The van der Waals surface area contributed by atoms with E-state index in [0.717, 1.165) is 4.60 Å². The van der Waals surface area contributed by atoms with Crippen LogP contribution in [0.15, 0.2) is 29.1 Å².